The van der Waals surface area contributed by atoms with Gasteiger partial charge in [0.25, 0.3) is 0 Å². The molecule has 0 heterocycles. The van der Waals surface area contributed by atoms with Gasteiger partial charge in [0.1, 0.15) is 0 Å². The summed E-state index contributed by atoms with van der Waals surface area (Å²) < 4.78 is 0. The smallest absolute Gasteiger partial charge is 0.423 e. The highest BCUT2D eigenvalue weighted by atomic mass is 16.4. The van der Waals surface area contributed by atoms with Crippen LogP contribution in [0.4, 0.5) is 0 Å². The van der Waals surface area contributed by atoms with E-state index in [1.54, 1.807) is 48.5 Å². The molecule has 0 aliphatic heterocycles. The Morgan fingerprint density at radius 2 is 1.10 bits per heavy atom. The van der Waals surface area contributed by atoms with Crippen molar-refractivity contribution in [1.29, 1.82) is 0 Å². The summed E-state index contributed by atoms with van der Waals surface area (Å²) in [5.74, 6) is 0.304. The van der Waals surface area contributed by atoms with Crippen LogP contribution in [-0.4, -0.2) is 40.1 Å². The van der Waals surface area contributed by atoms with E-state index in [4.69, 9.17) is 0 Å². The predicted molar refractivity (Wildman–Crippen MR) is 126 cm³/mol. The van der Waals surface area contributed by atoms with E-state index in [-0.39, 0.29) is 11.2 Å². The fourth-order valence-electron chi connectivity index (χ4n) is 3.79. The van der Waals surface area contributed by atoms with Gasteiger partial charge >= 0.3 is 14.2 Å². The maximum Gasteiger partial charge on any atom is 0.488 e. The molecule has 0 radical (unpaired) electrons. The van der Waals surface area contributed by atoms with Crippen LogP contribution >= 0.6 is 0 Å². The molecule has 7 heteroatoms. The number of carbonyl (C=O) groups excluding carboxylic acids is 1. The first kappa shape index (κ1) is 23.2. The molecule has 5 nitrogen and oxygen atoms in total. The Morgan fingerprint density at radius 3 is 1.39 bits per heavy atom. The maximum atomic E-state index is 13.3. The van der Waals surface area contributed by atoms with Crippen molar-refractivity contribution in [2.75, 3.05) is 0 Å². The molecular weight excluding hydrogens is 390 g/mol. The fraction of sp³-hybridized carbons (Fsp3) is 0.292. The van der Waals surface area contributed by atoms with Crippen LogP contribution in [0.3, 0.4) is 0 Å². The van der Waals surface area contributed by atoms with Gasteiger partial charge in [-0.05, 0) is 58.4 Å². The number of carbonyl (C=O) groups is 1. The second-order valence-electron chi connectivity index (χ2n) is 9.22. The van der Waals surface area contributed by atoms with Gasteiger partial charge in [0.05, 0.1) is 0 Å². The van der Waals surface area contributed by atoms with Gasteiger partial charge < -0.3 is 20.1 Å². The van der Waals surface area contributed by atoms with E-state index in [2.05, 4.69) is 20.8 Å². The molecule has 2 aromatic carbocycles. The van der Waals surface area contributed by atoms with Crippen molar-refractivity contribution in [2.24, 2.45) is 11.3 Å². The number of allylic oxidation sites excluding steroid dienone is 2. The highest BCUT2D eigenvalue weighted by molar-refractivity contribution is 6.58. The van der Waals surface area contributed by atoms with Gasteiger partial charge in [-0.1, -0.05) is 69.3 Å². The van der Waals surface area contributed by atoms with Crippen LogP contribution in [-0.2, 0) is 4.79 Å². The molecule has 1 aliphatic rings. The van der Waals surface area contributed by atoms with Gasteiger partial charge in [0, 0.05) is 11.1 Å². The lowest BCUT2D eigenvalue weighted by molar-refractivity contribution is -0.113. The van der Waals surface area contributed by atoms with Crippen molar-refractivity contribution in [1.82, 2.24) is 0 Å². The quantitative estimate of drug-likeness (QED) is 0.446. The van der Waals surface area contributed by atoms with Gasteiger partial charge in [0.15, 0.2) is 5.78 Å². The zero-order valence-corrected chi connectivity index (χ0v) is 18.1. The van der Waals surface area contributed by atoms with Crippen LogP contribution in [0.2, 0.25) is 0 Å². The molecule has 0 unspecified atom stereocenters. The summed E-state index contributed by atoms with van der Waals surface area (Å²) in [7, 11) is -3.03. The van der Waals surface area contributed by atoms with Crippen LogP contribution < -0.4 is 10.9 Å². The average molecular weight is 418 g/mol. The van der Waals surface area contributed by atoms with Gasteiger partial charge in [-0.3, -0.25) is 4.79 Å². The van der Waals surface area contributed by atoms with Crippen molar-refractivity contribution in [3.8, 4) is 0 Å². The Kier molecular flexibility index (Phi) is 7.02. The number of ketones is 1. The zero-order chi connectivity index (χ0) is 22.8. The summed E-state index contributed by atoms with van der Waals surface area (Å²) in [6.45, 7) is 6.53. The predicted octanol–water partition coefficient (Wildman–Crippen LogP) is 1.54. The Morgan fingerprint density at radius 1 is 0.742 bits per heavy atom. The van der Waals surface area contributed by atoms with E-state index in [0.717, 1.165) is 22.3 Å². The topological polar surface area (TPSA) is 98.0 Å². The largest absolute Gasteiger partial charge is 0.488 e. The Balaban J connectivity index is 1.95. The molecule has 0 saturated heterocycles. The fourth-order valence-corrected chi connectivity index (χ4v) is 3.79. The molecule has 3 rings (SSSR count). The number of Topliss-reactive ketones (excluding diaryl/α,β-unsaturated/α-hetero) is 1. The first-order valence-electron chi connectivity index (χ1n) is 10.4. The van der Waals surface area contributed by atoms with Gasteiger partial charge in [-0.15, -0.1) is 0 Å². The molecule has 1 saturated carbocycles. The van der Waals surface area contributed by atoms with Crippen molar-refractivity contribution >= 4 is 43.1 Å². The van der Waals surface area contributed by atoms with Crippen molar-refractivity contribution in [3.63, 3.8) is 0 Å². The third kappa shape index (κ3) is 5.83. The zero-order valence-electron chi connectivity index (χ0n) is 18.1. The number of benzene rings is 2. The van der Waals surface area contributed by atoms with Crippen LogP contribution in [0.15, 0.2) is 59.7 Å². The summed E-state index contributed by atoms with van der Waals surface area (Å²) in [4.78, 5) is 13.3. The van der Waals surface area contributed by atoms with Crippen LogP contribution in [0.1, 0.15) is 44.7 Å². The molecule has 1 fully saturated rings. The summed E-state index contributed by atoms with van der Waals surface area (Å²) >= 11 is 0. The van der Waals surface area contributed by atoms with Crippen molar-refractivity contribution in [3.05, 3.63) is 70.8 Å². The van der Waals surface area contributed by atoms with E-state index in [1.165, 1.54) is 0 Å². The van der Waals surface area contributed by atoms with E-state index >= 15 is 0 Å². The minimum atomic E-state index is -1.52. The van der Waals surface area contributed by atoms with Crippen LogP contribution in [0.5, 0.6) is 0 Å². The normalized spacial score (nSPS) is 19.7. The SMILES string of the molecule is CC(C)(C)C1C/C(=C\c2ccc(B(O)O)cc2)C(=O)/C(=C/c2ccc(B(O)O)cc2)C1. The lowest BCUT2D eigenvalue weighted by atomic mass is 9.68. The molecule has 31 heavy (non-hydrogen) atoms. The molecule has 0 aromatic heterocycles. The number of rotatable bonds is 4. The van der Waals surface area contributed by atoms with Crippen molar-refractivity contribution in [2.45, 2.75) is 33.6 Å². The lowest BCUT2D eigenvalue weighted by Gasteiger charge is -2.35. The Labute approximate surface area is 184 Å². The van der Waals surface area contributed by atoms with Gasteiger partial charge in [-0.25, -0.2) is 0 Å². The van der Waals surface area contributed by atoms with E-state index in [1.807, 2.05) is 12.2 Å². The molecule has 1 aliphatic carbocycles. The third-order valence-corrected chi connectivity index (χ3v) is 5.89. The molecular formula is C24H28B2O5. The van der Waals surface area contributed by atoms with Gasteiger partial charge in [0.2, 0.25) is 0 Å². The lowest BCUT2D eigenvalue weighted by Crippen LogP contribution is -2.30. The number of hydrogen-bond donors (Lipinski definition) is 4. The molecule has 0 atom stereocenters. The van der Waals surface area contributed by atoms with Crippen molar-refractivity contribution < 1.29 is 24.9 Å². The highest BCUT2D eigenvalue weighted by Crippen LogP contribution is 2.41. The minimum Gasteiger partial charge on any atom is -0.423 e. The second kappa shape index (κ2) is 9.37. The molecule has 4 N–H and O–H groups in total. The Hall–Kier alpha value is -2.44. The Bertz CT molecular complexity index is 911. The van der Waals surface area contributed by atoms with E-state index in [0.29, 0.717) is 29.7 Å². The molecule has 0 spiro atoms. The summed E-state index contributed by atoms with van der Waals surface area (Å²) in [6.07, 6.45) is 5.12. The summed E-state index contributed by atoms with van der Waals surface area (Å²) in [6, 6.07) is 13.7. The number of hydrogen-bond acceptors (Lipinski definition) is 5. The maximum absolute atomic E-state index is 13.3. The summed E-state index contributed by atoms with van der Waals surface area (Å²) in [5.41, 5.74) is 3.97. The molecule has 0 amide bonds. The molecule has 2 aromatic rings. The van der Waals surface area contributed by atoms with Gasteiger partial charge in [-0.2, -0.15) is 0 Å². The summed E-state index contributed by atoms with van der Waals surface area (Å²) in [5, 5.41) is 37.1. The van der Waals surface area contributed by atoms with E-state index < -0.39 is 14.2 Å². The first-order chi connectivity index (χ1) is 14.5. The second-order valence-corrected chi connectivity index (χ2v) is 9.22. The highest BCUT2D eigenvalue weighted by Gasteiger charge is 2.34. The third-order valence-electron chi connectivity index (χ3n) is 5.89. The molecule has 160 valence electrons. The standard InChI is InChI=1S/C24H28B2O5/c1-24(2,3)20-14-18(12-16-4-8-21(9-5-16)25(28)29)23(27)19(15-20)13-17-6-10-22(11-7-17)26(30)31/h4-13,20,28-31H,14-15H2,1-3H3/b18-12+,19-13+. The van der Waals surface area contributed by atoms with Crippen LogP contribution in [0.25, 0.3) is 12.2 Å². The monoisotopic (exact) mass is 418 g/mol. The molecule has 0 bridgehead atoms. The van der Waals surface area contributed by atoms with E-state index in [9.17, 15) is 24.9 Å². The van der Waals surface area contributed by atoms with Crippen LogP contribution in [0, 0.1) is 11.3 Å². The average Bonchev–Trinajstić information content (AvgIpc) is 2.71. The minimum absolute atomic E-state index is 0.0121. The first-order valence-corrected chi connectivity index (χ1v) is 10.4.